The van der Waals surface area contributed by atoms with Crippen LogP contribution < -0.4 is 11.1 Å². The molecule has 3 aromatic rings. The minimum absolute atomic E-state index is 0.0951. The standard InChI is InChI=1S/C21H24N6O2/c22-19-17-18(13-5-3-6-15(28)9-13)26-27(20(17)24-11-23-19)10-14-8-12-4-1-2-7-16(12)25-21(14)29/h3,5-6,9,11-12,14,16,28H,1-2,4,7-8,10H2,(H,25,29)(H2,22,23,24). The number of rotatable bonds is 3. The van der Waals surface area contributed by atoms with Crippen molar-refractivity contribution in [3.63, 3.8) is 0 Å². The molecule has 2 aromatic heterocycles. The van der Waals surface area contributed by atoms with Gasteiger partial charge in [-0.25, -0.2) is 14.6 Å². The molecule has 150 valence electrons. The highest BCUT2D eigenvalue weighted by atomic mass is 16.3. The summed E-state index contributed by atoms with van der Waals surface area (Å²) in [6.07, 6.45) is 6.98. The first-order chi connectivity index (χ1) is 14.1. The van der Waals surface area contributed by atoms with Gasteiger partial charge < -0.3 is 16.2 Å². The summed E-state index contributed by atoms with van der Waals surface area (Å²) in [5, 5.41) is 18.5. The van der Waals surface area contributed by atoms with Crippen molar-refractivity contribution in [1.29, 1.82) is 0 Å². The van der Waals surface area contributed by atoms with Crippen molar-refractivity contribution in [3.05, 3.63) is 30.6 Å². The number of fused-ring (bicyclic) bond motifs is 2. The van der Waals surface area contributed by atoms with Gasteiger partial charge in [-0.3, -0.25) is 4.79 Å². The summed E-state index contributed by atoms with van der Waals surface area (Å²) in [4.78, 5) is 21.2. The number of piperidine rings is 1. The number of nitrogens with one attached hydrogen (secondary N) is 1. The fourth-order valence-corrected chi connectivity index (χ4v) is 4.83. The summed E-state index contributed by atoms with van der Waals surface area (Å²) in [6, 6.07) is 7.18. The van der Waals surface area contributed by atoms with Crippen molar-refractivity contribution in [2.24, 2.45) is 11.8 Å². The second-order valence-corrected chi connectivity index (χ2v) is 8.13. The van der Waals surface area contributed by atoms with Crippen LogP contribution in [0.25, 0.3) is 22.3 Å². The molecule has 2 fully saturated rings. The van der Waals surface area contributed by atoms with Crippen LogP contribution in [0, 0.1) is 11.8 Å². The van der Waals surface area contributed by atoms with Gasteiger partial charge in [0, 0.05) is 11.6 Å². The number of phenols is 1. The fraction of sp³-hybridized carbons (Fsp3) is 0.429. The quantitative estimate of drug-likeness (QED) is 0.630. The average Bonchev–Trinajstić information content (AvgIpc) is 3.08. The van der Waals surface area contributed by atoms with E-state index in [1.54, 1.807) is 22.9 Å². The molecular formula is C21H24N6O2. The highest BCUT2D eigenvalue weighted by molar-refractivity contribution is 5.98. The first-order valence-electron chi connectivity index (χ1n) is 10.2. The van der Waals surface area contributed by atoms with E-state index in [2.05, 4.69) is 15.3 Å². The predicted molar refractivity (Wildman–Crippen MR) is 109 cm³/mol. The lowest BCUT2D eigenvalue weighted by atomic mass is 9.76. The Morgan fingerprint density at radius 3 is 2.97 bits per heavy atom. The molecule has 3 unspecified atom stereocenters. The topological polar surface area (TPSA) is 119 Å². The van der Waals surface area contributed by atoms with Gasteiger partial charge >= 0.3 is 0 Å². The molecular weight excluding hydrogens is 368 g/mol. The number of aromatic hydroxyl groups is 1. The molecule has 8 heteroatoms. The van der Waals surface area contributed by atoms with Gasteiger partial charge in [-0.1, -0.05) is 25.0 Å². The number of carbonyl (C=O) groups excluding carboxylic acids is 1. The van der Waals surface area contributed by atoms with E-state index in [0.717, 1.165) is 18.4 Å². The van der Waals surface area contributed by atoms with E-state index < -0.39 is 0 Å². The molecule has 1 aromatic carbocycles. The van der Waals surface area contributed by atoms with Crippen molar-refractivity contribution in [3.8, 4) is 17.0 Å². The number of hydrogen-bond donors (Lipinski definition) is 3. The number of nitrogens with two attached hydrogens (primary N) is 1. The highest BCUT2D eigenvalue weighted by Gasteiger charge is 2.37. The summed E-state index contributed by atoms with van der Waals surface area (Å²) in [5.74, 6) is 0.970. The van der Waals surface area contributed by atoms with Gasteiger partial charge in [0.2, 0.25) is 5.91 Å². The van der Waals surface area contributed by atoms with Gasteiger partial charge in [0.1, 0.15) is 23.6 Å². The van der Waals surface area contributed by atoms with Crippen molar-refractivity contribution in [1.82, 2.24) is 25.1 Å². The van der Waals surface area contributed by atoms with E-state index in [1.807, 2.05) is 6.07 Å². The first-order valence-corrected chi connectivity index (χ1v) is 10.2. The lowest BCUT2D eigenvalue weighted by Gasteiger charge is -2.39. The Morgan fingerprint density at radius 1 is 1.24 bits per heavy atom. The van der Waals surface area contributed by atoms with Crippen molar-refractivity contribution in [2.45, 2.75) is 44.7 Å². The molecule has 1 aliphatic heterocycles. The van der Waals surface area contributed by atoms with Crippen molar-refractivity contribution in [2.75, 3.05) is 5.73 Å². The third-order valence-corrected chi connectivity index (χ3v) is 6.27. The van der Waals surface area contributed by atoms with Crippen LogP contribution in [0.15, 0.2) is 30.6 Å². The van der Waals surface area contributed by atoms with Crippen molar-refractivity contribution < 1.29 is 9.90 Å². The summed E-state index contributed by atoms with van der Waals surface area (Å²) < 4.78 is 1.76. The largest absolute Gasteiger partial charge is 0.508 e. The lowest BCUT2D eigenvalue weighted by molar-refractivity contribution is -0.130. The second-order valence-electron chi connectivity index (χ2n) is 8.13. The molecule has 3 atom stereocenters. The third-order valence-electron chi connectivity index (χ3n) is 6.27. The fourth-order valence-electron chi connectivity index (χ4n) is 4.83. The minimum atomic E-state index is -0.148. The molecule has 1 aliphatic carbocycles. The van der Waals surface area contributed by atoms with E-state index in [1.165, 1.54) is 25.6 Å². The molecule has 29 heavy (non-hydrogen) atoms. The number of phenolic OH excluding ortho intramolecular Hbond substituents is 1. The zero-order chi connectivity index (χ0) is 20.0. The second kappa shape index (κ2) is 7.02. The number of nitrogen functional groups attached to an aromatic ring is 1. The van der Waals surface area contributed by atoms with E-state index in [4.69, 9.17) is 10.8 Å². The highest BCUT2D eigenvalue weighted by Crippen LogP contribution is 2.36. The van der Waals surface area contributed by atoms with Crippen LogP contribution >= 0.6 is 0 Å². The zero-order valence-electron chi connectivity index (χ0n) is 16.1. The molecule has 0 spiro atoms. The number of anilines is 1. The van der Waals surface area contributed by atoms with E-state index in [9.17, 15) is 9.90 Å². The Labute approximate surface area is 168 Å². The molecule has 4 N–H and O–H groups in total. The number of hydrogen-bond acceptors (Lipinski definition) is 6. The molecule has 5 rings (SSSR count). The smallest absolute Gasteiger partial charge is 0.225 e. The normalized spacial score (nSPS) is 24.3. The Bertz CT molecular complexity index is 1080. The van der Waals surface area contributed by atoms with E-state index in [-0.39, 0.29) is 17.6 Å². The third kappa shape index (κ3) is 3.18. The molecule has 0 radical (unpaired) electrons. The maximum absolute atomic E-state index is 12.7. The van der Waals surface area contributed by atoms with Crippen LogP contribution in [-0.2, 0) is 11.3 Å². The van der Waals surface area contributed by atoms with Crippen molar-refractivity contribution >= 4 is 22.8 Å². The van der Waals surface area contributed by atoms with Crippen LogP contribution in [0.4, 0.5) is 5.82 Å². The maximum atomic E-state index is 12.7. The molecule has 2 aliphatic rings. The lowest BCUT2D eigenvalue weighted by Crippen LogP contribution is -2.51. The van der Waals surface area contributed by atoms with Gasteiger partial charge in [0.25, 0.3) is 0 Å². The molecule has 1 saturated carbocycles. The average molecular weight is 392 g/mol. The maximum Gasteiger partial charge on any atom is 0.225 e. The number of benzene rings is 1. The molecule has 0 bridgehead atoms. The summed E-state index contributed by atoms with van der Waals surface area (Å²) in [6.45, 7) is 0.445. The number of aromatic nitrogens is 4. The van der Waals surface area contributed by atoms with E-state index >= 15 is 0 Å². The van der Waals surface area contributed by atoms with Crippen LogP contribution in [-0.4, -0.2) is 36.8 Å². The van der Waals surface area contributed by atoms with Crippen LogP contribution in [0.5, 0.6) is 5.75 Å². The summed E-state index contributed by atoms with van der Waals surface area (Å²) in [7, 11) is 0. The number of amides is 1. The zero-order valence-corrected chi connectivity index (χ0v) is 16.1. The van der Waals surface area contributed by atoms with Crippen LogP contribution in [0.3, 0.4) is 0 Å². The SMILES string of the molecule is Nc1ncnc2c1c(-c1cccc(O)c1)nn2CC1CC2CCCCC2NC1=O. The Kier molecular flexibility index (Phi) is 4.34. The van der Waals surface area contributed by atoms with Crippen LogP contribution in [0.1, 0.15) is 32.1 Å². The summed E-state index contributed by atoms with van der Waals surface area (Å²) in [5.41, 5.74) is 8.10. The Balaban J connectivity index is 1.52. The van der Waals surface area contributed by atoms with Gasteiger partial charge in [-0.15, -0.1) is 0 Å². The number of carbonyl (C=O) groups is 1. The minimum Gasteiger partial charge on any atom is -0.508 e. The van der Waals surface area contributed by atoms with Gasteiger partial charge in [0.15, 0.2) is 5.65 Å². The van der Waals surface area contributed by atoms with Gasteiger partial charge in [-0.05, 0) is 37.3 Å². The molecule has 8 nitrogen and oxygen atoms in total. The number of nitrogens with zero attached hydrogens (tertiary/aromatic N) is 4. The van der Waals surface area contributed by atoms with Gasteiger partial charge in [0.05, 0.1) is 17.8 Å². The predicted octanol–water partition coefficient (Wildman–Crippen LogP) is 2.48. The summed E-state index contributed by atoms with van der Waals surface area (Å²) >= 11 is 0. The molecule has 1 saturated heterocycles. The Hall–Kier alpha value is -3.16. The van der Waals surface area contributed by atoms with Crippen LogP contribution in [0.2, 0.25) is 0 Å². The first kappa shape index (κ1) is 17.9. The molecule has 1 amide bonds. The van der Waals surface area contributed by atoms with Gasteiger partial charge in [-0.2, -0.15) is 5.10 Å². The monoisotopic (exact) mass is 392 g/mol. The Morgan fingerprint density at radius 2 is 2.10 bits per heavy atom. The molecule has 3 heterocycles. The van der Waals surface area contributed by atoms with E-state index in [0.29, 0.717) is 41.0 Å².